The Morgan fingerprint density at radius 2 is 1.65 bits per heavy atom. The summed E-state index contributed by atoms with van der Waals surface area (Å²) in [7, 11) is 0. The average molecular weight is 233 g/mol. The lowest BCUT2D eigenvalue weighted by Gasteiger charge is -1.96. The van der Waals surface area contributed by atoms with Crippen LogP contribution in [0.4, 0.5) is 8.78 Å². The van der Waals surface area contributed by atoms with Crippen LogP contribution in [0, 0.1) is 11.6 Å². The summed E-state index contributed by atoms with van der Waals surface area (Å²) >= 11 is 0. The van der Waals surface area contributed by atoms with Crippen LogP contribution in [-0.4, -0.2) is 25.1 Å². The number of hydrogen-bond donors (Lipinski definition) is 1. The first-order valence-electron chi connectivity index (χ1n) is 4.71. The Morgan fingerprint density at radius 3 is 2.41 bits per heavy atom. The molecule has 0 atom stereocenters. The van der Waals surface area contributed by atoms with Crippen LogP contribution in [0.3, 0.4) is 0 Å². The monoisotopic (exact) mass is 233 g/mol. The van der Waals surface area contributed by atoms with Crippen LogP contribution in [-0.2, 0) is 0 Å². The van der Waals surface area contributed by atoms with E-state index in [2.05, 4.69) is 25.1 Å². The van der Waals surface area contributed by atoms with Crippen LogP contribution in [0.1, 0.15) is 0 Å². The summed E-state index contributed by atoms with van der Waals surface area (Å²) in [6, 6.07) is 1.27. The zero-order valence-corrected chi connectivity index (χ0v) is 8.35. The third-order valence-corrected chi connectivity index (χ3v) is 2.22. The minimum Gasteiger partial charge on any atom is -0.272 e. The Labute approximate surface area is 93.6 Å². The van der Waals surface area contributed by atoms with Gasteiger partial charge in [-0.15, -0.1) is 0 Å². The molecule has 3 heterocycles. The highest BCUT2D eigenvalue weighted by atomic mass is 19.1. The molecule has 17 heavy (non-hydrogen) atoms. The standard InChI is InChI=1S/C10H5F2N5/c11-5-1-7-8(16-17-9(7)13-2-5)10-14-3-6(12)4-15-10/h1-4H,(H,13,16,17). The van der Waals surface area contributed by atoms with E-state index in [1.807, 2.05) is 0 Å². The molecule has 0 aliphatic rings. The van der Waals surface area contributed by atoms with Gasteiger partial charge in [-0.05, 0) is 6.07 Å². The maximum Gasteiger partial charge on any atom is 0.181 e. The first-order chi connectivity index (χ1) is 8.24. The highest BCUT2D eigenvalue weighted by Crippen LogP contribution is 2.22. The smallest absolute Gasteiger partial charge is 0.181 e. The van der Waals surface area contributed by atoms with Crippen molar-refractivity contribution in [3.8, 4) is 11.5 Å². The molecule has 0 saturated heterocycles. The van der Waals surface area contributed by atoms with Gasteiger partial charge in [0.1, 0.15) is 11.5 Å². The van der Waals surface area contributed by atoms with E-state index in [0.717, 1.165) is 18.6 Å². The Kier molecular flexibility index (Phi) is 2.04. The maximum atomic E-state index is 13.1. The van der Waals surface area contributed by atoms with Gasteiger partial charge in [0, 0.05) is 0 Å². The summed E-state index contributed by atoms with van der Waals surface area (Å²) in [5, 5.41) is 6.99. The number of aromatic amines is 1. The van der Waals surface area contributed by atoms with Crippen molar-refractivity contribution in [2.24, 2.45) is 0 Å². The molecule has 3 aromatic rings. The molecule has 0 fully saturated rings. The number of aromatic nitrogens is 5. The molecule has 7 heteroatoms. The van der Waals surface area contributed by atoms with E-state index < -0.39 is 11.6 Å². The highest BCUT2D eigenvalue weighted by molar-refractivity contribution is 5.88. The van der Waals surface area contributed by atoms with Crippen LogP contribution >= 0.6 is 0 Å². The summed E-state index contributed by atoms with van der Waals surface area (Å²) in [5.74, 6) is -0.787. The highest BCUT2D eigenvalue weighted by Gasteiger charge is 2.11. The van der Waals surface area contributed by atoms with Crippen molar-refractivity contribution >= 4 is 11.0 Å². The number of rotatable bonds is 1. The minimum absolute atomic E-state index is 0.237. The first-order valence-corrected chi connectivity index (χ1v) is 4.71. The molecule has 0 radical (unpaired) electrons. The fraction of sp³-hybridized carbons (Fsp3) is 0. The summed E-state index contributed by atoms with van der Waals surface area (Å²) in [6.45, 7) is 0. The minimum atomic E-state index is -0.540. The van der Waals surface area contributed by atoms with Gasteiger partial charge in [-0.2, -0.15) is 5.10 Å². The van der Waals surface area contributed by atoms with Crippen molar-refractivity contribution < 1.29 is 8.78 Å². The molecular formula is C10H5F2N5. The second-order valence-corrected chi connectivity index (χ2v) is 3.35. The predicted octanol–water partition coefficient (Wildman–Crippen LogP) is 1.69. The van der Waals surface area contributed by atoms with E-state index in [1.54, 1.807) is 0 Å². The molecule has 0 bridgehead atoms. The van der Waals surface area contributed by atoms with Gasteiger partial charge >= 0.3 is 0 Å². The van der Waals surface area contributed by atoms with Crippen LogP contribution in [0.25, 0.3) is 22.6 Å². The topological polar surface area (TPSA) is 67.3 Å². The Morgan fingerprint density at radius 1 is 0.941 bits per heavy atom. The Hall–Kier alpha value is -2.44. The molecule has 0 aliphatic heterocycles. The van der Waals surface area contributed by atoms with Gasteiger partial charge in [-0.25, -0.2) is 23.7 Å². The van der Waals surface area contributed by atoms with Crippen molar-refractivity contribution in [1.29, 1.82) is 0 Å². The van der Waals surface area contributed by atoms with Crippen LogP contribution in [0.15, 0.2) is 24.7 Å². The largest absolute Gasteiger partial charge is 0.272 e. The number of halogens is 2. The van der Waals surface area contributed by atoms with Crippen molar-refractivity contribution in [3.63, 3.8) is 0 Å². The number of nitrogens with zero attached hydrogens (tertiary/aromatic N) is 4. The molecule has 3 rings (SSSR count). The van der Waals surface area contributed by atoms with Crippen molar-refractivity contribution in [3.05, 3.63) is 36.3 Å². The molecule has 0 aliphatic carbocycles. The van der Waals surface area contributed by atoms with Gasteiger partial charge in [0.05, 0.1) is 24.0 Å². The summed E-state index contributed by atoms with van der Waals surface area (Å²) in [4.78, 5) is 11.4. The van der Waals surface area contributed by atoms with Crippen LogP contribution in [0.5, 0.6) is 0 Å². The lowest BCUT2D eigenvalue weighted by atomic mass is 10.2. The number of hydrogen-bond acceptors (Lipinski definition) is 4. The number of pyridine rings is 1. The third-order valence-electron chi connectivity index (χ3n) is 2.22. The Bertz CT molecular complexity index is 677. The van der Waals surface area contributed by atoms with E-state index in [0.29, 0.717) is 16.7 Å². The lowest BCUT2D eigenvalue weighted by molar-refractivity contribution is 0.614. The van der Waals surface area contributed by atoms with E-state index in [4.69, 9.17) is 0 Å². The second-order valence-electron chi connectivity index (χ2n) is 3.35. The number of fused-ring (bicyclic) bond motifs is 1. The quantitative estimate of drug-likeness (QED) is 0.694. The Balaban J connectivity index is 2.23. The maximum absolute atomic E-state index is 13.1. The molecular weight excluding hydrogens is 228 g/mol. The fourth-order valence-corrected chi connectivity index (χ4v) is 1.49. The zero-order valence-electron chi connectivity index (χ0n) is 8.35. The predicted molar refractivity (Wildman–Crippen MR) is 54.8 cm³/mol. The fourth-order valence-electron chi connectivity index (χ4n) is 1.49. The van der Waals surface area contributed by atoms with E-state index in [1.165, 1.54) is 6.07 Å². The number of nitrogens with one attached hydrogen (secondary N) is 1. The molecule has 0 spiro atoms. The molecule has 0 aromatic carbocycles. The van der Waals surface area contributed by atoms with E-state index >= 15 is 0 Å². The molecule has 1 N–H and O–H groups in total. The number of H-pyrrole nitrogens is 1. The van der Waals surface area contributed by atoms with Gasteiger partial charge in [0.15, 0.2) is 17.3 Å². The van der Waals surface area contributed by atoms with Crippen LogP contribution < -0.4 is 0 Å². The van der Waals surface area contributed by atoms with Gasteiger partial charge in [0.2, 0.25) is 0 Å². The summed E-state index contributed by atoms with van der Waals surface area (Å²) in [6.07, 6.45) is 3.13. The molecule has 0 amide bonds. The zero-order chi connectivity index (χ0) is 11.8. The van der Waals surface area contributed by atoms with Gasteiger partial charge in [-0.1, -0.05) is 0 Å². The summed E-state index contributed by atoms with van der Waals surface area (Å²) < 4.78 is 25.8. The SMILES string of the molecule is Fc1cnc(-c2[nH]nc3ncc(F)cc23)nc1. The van der Waals surface area contributed by atoms with Crippen LogP contribution in [0.2, 0.25) is 0 Å². The molecule has 3 aromatic heterocycles. The van der Waals surface area contributed by atoms with Crippen molar-refractivity contribution in [2.75, 3.05) is 0 Å². The second kappa shape index (κ2) is 3.55. The molecule has 0 unspecified atom stereocenters. The average Bonchev–Trinajstić information content (AvgIpc) is 2.73. The van der Waals surface area contributed by atoms with Crippen molar-refractivity contribution in [1.82, 2.24) is 25.1 Å². The normalized spacial score (nSPS) is 10.9. The van der Waals surface area contributed by atoms with Crippen molar-refractivity contribution in [2.45, 2.75) is 0 Å². The first kappa shape index (κ1) is 9.76. The lowest BCUT2D eigenvalue weighted by Crippen LogP contribution is -1.90. The van der Waals surface area contributed by atoms with Gasteiger partial charge in [0.25, 0.3) is 0 Å². The molecule has 84 valence electrons. The summed E-state index contributed by atoms with van der Waals surface area (Å²) in [5.41, 5.74) is 0.765. The third kappa shape index (κ3) is 1.61. The van der Waals surface area contributed by atoms with E-state index in [-0.39, 0.29) is 5.82 Å². The molecule has 5 nitrogen and oxygen atoms in total. The molecule has 0 saturated carbocycles. The van der Waals surface area contributed by atoms with E-state index in [9.17, 15) is 8.78 Å². The van der Waals surface area contributed by atoms with Gasteiger partial charge < -0.3 is 0 Å². The van der Waals surface area contributed by atoms with Gasteiger partial charge in [-0.3, -0.25) is 5.10 Å².